The van der Waals surface area contributed by atoms with Gasteiger partial charge in [0, 0.05) is 29.4 Å². The van der Waals surface area contributed by atoms with Crippen LogP contribution < -0.4 is 10.5 Å². The second-order valence-corrected chi connectivity index (χ2v) is 6.39. The van der Waals surface area contributed by atoms with Crippen LogP contribution in [0, 0.1) is 18.3 Å². The van der Waals surface area contributed by atoms with Crippen molar-refractivity contribution in [2.75, 3.05) is 18.9 Å². The Morgan fingerprint density at radius 2 is 2.04 bits per heavy atom. The molecule has 7 nitrogen and oxygen atoms in total. The molecule has 2 heterocycles. The Morgan fingerprint density at radius 3 is 2.75 bits per heavy atom. The second-order valence-electron chi connectivity index (χ2n) is 6.39. The number of aryl methyl sites for hydroxylation is 2. The number of benzene rings is 1. The van der Waals surface area contributed by atoms with Gasteiger partial charge in [-0.1, -0.05) is 25.1 Å². The number of aliphatic hydroxyl groups excluding tert-OH is 1. The molecule has 7 heteroatoms. The van der Waals surface area contributed by atoms with E-state index in [1.54, 1.807) is 6.07 Å². The summed E-state index contributed by atoms with van der Waals surface area (Å²) >= 11 is 0. The molecule has 3 aromatic rings. The van der Waals surface area contributed by atoms with E-state index < -0.39 is 0 Å². The highest BCUT2D eigenvalue weighted by molar-refractivity contribution is 5.83. The van der Waals surface area contributed by atoms with Gasteiger partial charge in [-0.05, 0) is 25.5 Å². The Kier molecular flexibility index (Phi) is 5.92. The van der Waals surface area contributed by atoms with E-state index in [2.05, 4.69) is 23.1 Å². The molecule has 0 radical (unpaired) electrons. The first-order valence-corrected chi connectivity index (χ1v) is 9.17. The van der Waals surface area contributed by atoms with Gasteiger partial charge in [-0.15, -0.1) is 0 Å². The van der Waals surface area contributed by atoms with Gasteiger partial charge in [0.25, 0.3) is 0 Å². The quantitative estimate of drug-likeness (QED) is 0.654. The molecule has 0 atom stereocenters. The molecular weight excluding hydrogens is 354 g/mol. The second kappa shape index (κ2) is 8.55. The molecule has 1 aromatic carbocycles. The van der Waals surface area contributed by atoms with Crippen LogP contribution in [0.3, 0.4) is 0 Å². The van der Waals surface area contributed by atoms with Crippen LogP contribution in [-0.4, -0.2) is 33.1 Å². The number of para-hydroxylation sites is 1. The van der Waals surface area contributed by atoms with E-state index in [-0.39, 0.29) is 19.0 Å². The number of nitrogens with zero attached hydrogens (tertiary/aromatic N) is 4. The maximum absolute atomic E-state index is 9.65. The van der Waals surface area contributed by atoms with Crippen LogP contribution in [0.1, 0.15) is 24.6 Å². The molecule has 0 fully saturated rings. The summed E-state index contributed by atoms with van der Waals surface area (Å²) in [6.45, 7) is 4.90. The summed E-state index contributed by atoms with van der Waals surface area (Å²) < 4.78 is 7.54. The minimum atomic E-state index is -0.0982. The molecule has 0 spiro atoms. The Bertz CT molecular complexity index is 1020. The largest absolute Gasteiger partial charge is 0.491 e. The molecule has 0 amide bonds. The van der Waals surface area contributed by atoms with Gasteiger partial charge in [-0.25, -0.2) is 4.98 Å². The molecule has 0 aliphatic heterocycles. The van der Waals surface area contributed by atoms with Gasteiger partial charge in [-0.2, -0.15) is 10.4 Å². The number of anilines is 1. The number of ether oxygens (including phenoxy) is 1. The van der Waals surface area contributed by atoms with Crippen molar-refractivity contribution in [3.63, 3.8) is 0 Å². The lowest BCUT2D eigenvalue weighted by molar-refractivity contribution is 0.202. The number of pyridine rings is 1. The molecule has 3 N–H and O–H groups in total. The first kappa shape index (κ1) is 19.4. The fourth-order valence-electron chi connectivity index (χ4n) is 3.12. The average Bonchev–Trinajstić information content (AvgIpc) is 3.06. The number of aromatic nitrogens is 3. The lowest BCUT2D eigenvalue weighted by atomic mass is 9.98. The maximum atomic E-state index is 9.65. The number of rotatable bonds is 7. The summed E-state index contributed by atoms with van der Waals surface area (Å²) in [5.41, 5.74) is 10.2. The van der Waals surface area contributed by atoms with Crippen molar-refractivity contribution in [2.24, 2.45) is 0 Å². The van der Waals surface area contributed by atoms with Crippen LogP contribution in [0.4, 0.5) is 5.82 Å². The Morgan fingerprint density at radius 1 is 1.25 bits per heavy atom. The van der Waals surface area contributed by atoms with Crippen molar-refractivity contribution < 1.29 is 9.84 Å². The Balaban J connectivity index is 2.17. The van der Waals surface area contributed by atoms with Crippen LogP contribution in [-0.2, 0) is 6.54 Å². The summed E-state index contributed by atoms with van der Waals surface area (Å²) in [5, 5.41) is 23.3. The molecule has 144 valence electrons. The molecule has 0 saturated heterocycles. The molecule has 0 saturated carbocycles. The molecule has 2 aromatic heterocycles. The zero-order valence-corrected chi connectivity index (χ0v) is 16.0. The van der Waals surface area contributed by atoms with Crippen LogP contribution >= 0.6 is 0 Å². The van der Waals surface area contributed by atoms with Gasteiger partial charge in [0.15, 0.2) is 0 Å². The topological polar surface area (TPSA) is 110 Å². The first-order valence-electron chi connectivity index (χ1n) is 9.17. The summed E-state index contributed by atoms with van der Waals surface area (Å²) in [6, 6.07) is 11.4. The highest BCUT2D eigenvalue weighted by Crippen LogP contribution is 2.36. The van der Waals surface area contributed by atoms with Gasteiger partial charge in [0.05, 0.1) is 18.0 Å². The number of nitriles is 1. The van der Waals surface area contributed by atoms with Gasteiger partial charge < -0.3 is 15.6 Å². The Labute approximate surface area is 164 Å². The lowest BCUT2D eigenvalue weighted by Crippen LogP contribution is -2.04. The van der Waals surface area contributed by atoms with Crippen molar-refractivity contribution in [3.05, 3.63) is 47.8 Å². The van der Waals surface area contributed by atoms with Crippen LogP contribution in [0.5, 0.6) is 5.75 Å². The number of hydrogen-bond acceptors (Lipinski definition) is 6. The Hall–Kier alpha value is -3.37. The zero-order valence-electron chi connectivity index (χ0n) is 16.0. The van der Waals surface area contributed by atoms with E-state index in [0.717, 1.165) is 29.8 Å². The van der Waals surface area contributed by atoms with Crippen LogP contribution in [0.15, 0.2) is 36.5 Å². The highest BCUT2D eigenvalue weighted by Gasteiger charge is 2.18. The summed E-state index contributed by atoms with van der Waals surface area (Å²) in [6.07, 6.45) is 2.93. The maximum Gasteiger partial charge on any atom is 0.142 e. The standard InChI is InChI=1S/C21H23N5O2/c1-3-8-26-13-18(14(2)25-26)19-11-16(17(12-22)21(23)24-19)15-6-4-5-7-20(15)28-10-9-27/h4-7,11,13,27H,3,8-10H2,1-2H3,(H2,23,24). The van der Waals surface area contributed by atoms with Crippen molar-refractivity contribution in [3.8, 4) is 34.2 Å². The monoisotopic (exact) mass is 377 g/mol. The minimum absolute atomic E-state index is 0.0982. The van der Waals surface area contributed by atoms with E-state index in [1.807, 2.05) is 42.1 Å². The highest BCUT2D eigenvalue weighted by atomic mass is 16.5. The normalized spacial score (nSPS) is 10.6. The number of nitrogens with two attached hydrogens (primary N) is 1. The third-order valence-electron chi connectivity index (χ3n) is 4.36. The SMILES string of the molecule is CCCn1cc(-c2cc(-c3ccccc3OCCO)c(C#N)c(N)n2)c(C)n1. The number of aliphatic hydroxyl groups is 1. The van der Waals surface area contributed by atoms with Gasteiger partial charge >= 0.3 is 0 Å². The van der Waals surface area contributed by atoms with Gasteiger partial charge in [-0.3, -0.25) is 4.68 Å². The number of nitrogen functional groups attached to an aromatic ring is 1. The van der Waals surface area contributed by atoms with Crippen LogP contribution in [0.2, 0.25) is 0 Å². The molecular formula is C21H23N5O2. The molecule has 0 unspecified atom stereocenters. The van der Waals surface area contributed by atoms with E-state index in [9.17, 15) is 5.26 Å². The van der Waals surface area contributed by atoms with Gasteiger partial charge in [0.2, 0.25) is 0 Å². The van der Waals surface area contributed by atoms with Crippen LogP contribution in [0.25, 0.3) is 22.4 Å². The smallest absolute Gasteiger partial charge is 0.142 e. The summed E-state index contributed by atoms with van der Waals surface area (Å²) in [5.74, 6) is 0.734. The van der Waals surface area contributed by atoms with E-state index in [0.29, 0.717) is 22.6 Å². The molecule has 0 aliphatic carbocycles. The first-order chi connectivity index (χ1) is 13.6. The number of hydrogen-bond donors (Lipinski definition) is 2. The molecule has 28 heavy (non-hydrogen) atoms. The predicted octanol–water partition coefficient (Wildman–Crippen LogP) is 3.16. The van der Waals surface area contributed by atoms with E-state index in [4.69, 9.17) is 15.6 Å². The average molecular weight is 377 g/mol. The van der Waals surface area contributed by atoms with Crippen molar-refractivity contribution >= 4 is 5.82 Å². The zero-order chi connectivity index (χ0) is 20.1. The van der Waals surface area contributed by atoms with Crippen molar-refractivity contribution in [1.29, 1.82) is 5.26 Å². The third-order valence-corrected chi connectivity index (χ3v) is 4.36. The fourth-order valence-corrected chi connectivity index (χ4v) is 3.12. The van der Waals surface area contributed by atoms with Crippen molar-refractivity contribution in [2.45, 2.75) is 26.8 Å². The minimum Gasteiger partial charge on any atom is -0.491 e. The van der Waals surface area contributed by atoms with E-state index >= 15 is 0 Å². The van der Waals surface area contributed by atoms with Crippen molar-refractivity contribution in [1.82, 2.24) is 14.8 Å². The summed E-state index contributed by atoms with van der Waals surface area (Å²) in [7, 11) is 0. The molecule has 3 rings (SSSR count). The summed E-state index contributed by atoms with van der Waals surface area (Å²) in [4.78, 5) is 4.45. The predicted molar refractivity (Wildman–Crippen MR) is 108 cm³/mol. The van der Waals surface area contributed by atoms with E-state index in [1.165, 1.54) is 0 Å². The van der Waals surface area contributed by atoms with Gasteiger partial charge in [0.1, 0.15) is 29.8 Å². The molecule has 0 aliphatic rings. The molecule has 0 bridgehead atoms. The lowest BCUT2D eigenvalue weighted by Gasteiger charge is -2.14. The fraction of sp³-hybridized carbons (Fsp3) is 0.286. The third kappa shape index (κ3) is 3.82.